The molecule has 0 spiro atoms. The topological polar surface area (TPSA) is 93.2 Å². The van der Waals surface area contributed by atoms with Crippen LogP contribution in [0.5, 0.6) is 11.5 Å². The van der Waals surface area contributed by atoms with Crippen molar-refractivity contribution in [1.82, 2.24) is 10.3 Å². The van der Waals surface area contributed by atoms with E-state index in [0.717, 1.165) is 48.2 Å². The molecule has 3 rings (SSSR count). The molecular formula is C20H24N4O2. The minimum absolute atomic E-state index is 0.269. The molecule has 0 saturated heterocycles. The molecule has 0 radical (unpaired) electrons. The van der Waals surface area contributed by atoms with Gasteiger partial charge in [0.15, 0.2) is 11.5 Å². The summed E-state index contributed by atoms with van der Waals surface area (Å²) in [4.78, 5) is 4.46. The van der Waals surface area contributed by atoms with E-state index in [4.69, 9.17) is 15.2 Å². The van der Waals surface area contributed by atoms with Crippen LogP contribution in [0.15, 0.2) is 18.2 Å². The van der Waals surface area contributed by atoms with Gasteiger partial charge in [-0.05, 0) is 18.1 Å². The van der Waals surface area contributed by atoms with Gasteiger partial charge in [0, 0.05) is 36.3 Å². The average Bonchev–Trinajstić information content (AvgIpc) is 2.67. The highest BCUT2D eigenvalue weighted by atomic mass is 16.5. The number of nitriles is 1. The maximum absolute atomic E-state index is 9.73. The molecule has 26 heavy (non-hydrogen) atoms. The van der Waals surface area contributed by atoms with Crippen LogP contribution in [0.1, 0.15) is 36.6 Å². The molecule has 0 amide bonds. The number of para-hydroxylation sites is 1. The van der Waals surface area contributed by atoms with Crippen LogP contribution in [-0.4, -0.2) is 25.2 Å². The van der Waals surface area contributed by atoms with Gasteiger partial charge in [-0.1, -0.05) is 25.5 Å². The Bertz CT molecular complexity index is 843. The van der Waals surface area contributed by atoms with E-state index >= 15 is 0 Å². The van der Waals surface area contributed by atoms with Crippen molar-refractivity contribution in [2.45, 2.75) is 32.7 Å². The van der Waals surface area contributed by atoms with Gasteiger partial charge in [0.05, 0.1) is 13.7 Å². The molecule has 1 aromatic heterocycles. The van der Waals surface area contributed by atoms with E-state index in [-0.39, 0.29) is 5.82 Å². The zero-order valence-electron chi connectivity index (χ0n) is 15.3. The predicted molar refractivity (Wildman–Crippen MR) is 101 cm³/mol. The number of hydrogen-bond acceptors (Lipinski definition) is 6. The average molecular weight is 352 g/mol. The van der Waals surface area contributed by atoms with Gasteiger partial charge in [-0.25, -0.2) is 4.98 Å². The molecule has 0 unspecified atom stereocenters. The molecule has 136 valence electrons. The quantitative estimate of drug-likeness (QED) is 0.776. The Balaban J connectivity index is 2.23. The van der Waals surface area contributed by atoms with E-state index in [9.17, 15) is 5.26 Å². The molecule has 0 fully saturated rings. The summed E-state index contributed by atoms with van der Waals surface area (Å²) in [6.07, 6.45) is 2.77. The van der Waals surface area contributed by atoms with Crippen LogP contribution in [-0.2, 0) is 13.0 Å². The van der Waals surface area contributed by atoms with E-state index in [2.05, 4.69) is 23.3 Å². The van der Waals surface area contributed by atoms with E-state index in [1.165, 1.54) is 0 Å². The minimum Gasteiger partial charge on any atom is -0.493 e. The normalized spacial score (nSPS) is 13.0. The number of nitrogens with two attached hydrogens (primary N) is 1. The second kappa shape index (κ2) is 8.07. The smallest absolute Gasteiger partial charge is 0.169 e. The van der Waals surface area contributed by atoms with Crippen molar-refractivity contribution in [3.8, 4) is 28.7 Å². The molecule has 6 heteroatoms. The number of nitrogen functional groups attached to an aromatic ring is 1. The fourth-order valence-corrected chi connectivity index (χ4v) is 3.26. The molecule has 2 heterocycles. The summed E-state index contributed by atoms with van der Waals surface area (Å²) in [7, 11) is 1.62. The standard InChI is InChI=1S/C20H24N4O2/c1-3-4-10-26-19-13(6-5-7-17(19)25-2)18-14(11-21)20(22)24-16-8-9-23-12-15(16)18/h5-7,23H,3-4,8-10,12H2,1-2H3,(H2,22,24). The van der Waals surface area contributed by atoms with Crippen molar-refractivity contribution < 1.29 is 9.47 Å². The summed E-state index contributed by atoms with van der Waals surface area (Å²) in [5, 5.41) is 13.1. The number of hydrogen-bond donors (Lipinski definition) is 2. The highest BCUT2D eigenvalue weighted by Crippen LogP contribution is 2.43. The third-order valence-corrected chi connectivity index (χ3v) is 4.58. The number of nitrogens with one attached hydrogen (secondary N) is 1. The predicted octanol–water partition coefficient (Wildman–Crippen LogP) is 3.04. The first kappa shape index (κ1) is 18.0. The fraction of sp³-hybridized carbons (Fsp3) is 0.400. The van der Waals surface area contributed by atoms with Crippen LogP contribution < -0.4 is 20.5 Å². The number of fused-ring (bicyclic) bond motifs is 1. The highest BCUT2D eigenvalue weighted by molar-refractivity contribution is 5.84. The molecular weight excluding hydrogens is 328 g/mol. The van der Waals surface area contributed by atoms with Gasteiger partial charge in [-0.15, -0.1) is 0 Å². The van der Waals surface area contributed by atoms with Crippen LogP contribution in [0.3, 0.4) is 0 Å². The zero-order chi connectivity index (χ0) is 18.5. The number of methoxy groups -OCH3 is 1. The van der Waals surface area contributed by atoms with Gasteiger partial charge < -0.3 is 20.5 Å². The van der Waals surface area contributed by atoms with Crippen molar-refractivity contribution in [3.63, 3.8) is 0 Å². The molecule has 0 aliphatic carbocycles. The monoisotopic (exact) mass is 352 g/mol. The van der Waals surface area contributed by atoms with E-state index < -0.39 is 0 Å². The SMILES string of the molecule is CCCCOc1c(OC)cccc1-c1c(C#N)c(N)nc2c1CNCC2. The van der Waals surface area contributed by atoms with Gasteiger partial charge in [-0.2, -0.15) is 5.26 Å². The maximum Gasteiger partial charge on any atom is 0.169 e. The summed E-state index contributed by atoms with van der Waals surface area (Å²) < 4.78 is 11.6. The van der Waals surface area contributed by atoms with Crippen LogP contribution in [0.4, 0.5) is 5.82 Å². The lowest BCUT2D eigenvalue weighted by atomic mass is 9.91. The lowest BCUT2D eigenvalue weighted by molar-refractivity contribution is 0.289. The van der Waals surface area contributed by atoms with Gasteiger partial charge in [0.2, 0.25) is 0 Å². The summed E-state index contributed by atoms with van der Waals surface area (Å²) in [6, 6.07) is 7.96. The Morgan fingerprint density at radius 3 is 2.96 bits per heavy atom. The third kappa shape index (κ3) is 3.31. The number of ether oxygens (including phenoxy) is 2. The number of nitrogens with zero attached hydrogens (tertiary/aromatic N) is 2. The first-order valence-corrected chi connectivity index (χ1v) is 8.93. The van der Waals surface area contributed by atoms with E-state index in [1.54, 1.807) is 7.11 Å². The number of aromatic nitrogens is 1. The van der Waals surface area contributed by atoms with Crippen LogP contribution in [0.2, 0.25) is 0 Å². The Morgan fingerprint density at radius 2 is 2.23 bits per heavy atom. The Labute approximate surface area is 153 Å². The number of benzene rings is 1. The van der Waals surface area contributed by atoms with Crippen molar-refractivity contribution in [1.29, 1.82) is 5.26 Å². The summed E-state index contributed by atoms with van der Waals surface area (Å²) in [5.74, 6) is 1.57. The second-order valence-corrected chi connectivity index (χ2v) is 6.25. The van der Waals surface area contributed by atoms with Crippen LogP contribution in [0.25, 0.3) is 11.1 Å². The Hall–Kier alpha value is -2.78. The molecule has 6 nitrogen and oxygen atoms in total. The molecule has 1 aliphatic rings. The summed E-state index contributed by atoms with van der Waals surface area (Å²) in [6.45, 7) is 4.21. The first-order valence-electron chi connectivity index (χ1n) is 8.93. The summed E-state index contributed by atoms with van der Waals surface area (Å²) in [5.41, 5.74) is 10.1. The molecule has 1 aliphatic heterocycles. The number of pyridine rings is 1. The van der Waals surface area contributed by atoms with E-state index in [0.29, 0.717) is 30.2 Å². The Kier molecular flexibility index (Phi) is 5.59. The zero-order valence-corrected chi connectivity index (χ0v) is 15.3. The largest absolute Gasteiger partial charge is 0.493 e. The number of rotatable bonds is 6. The van der Waals surface area contributed by atoms with Crippen LogP contribution in [0, 0.1) is 11.3 Å². The molecule has 0 atom stereocenters. The second-order valence-electron chi connectivity index (χ2n) is 6.25. The number of anilines is 1. The van der Waals surface area contributed by atoms with Crippen LogP contribution >= 0.6 is 0 Å². The molecule has 1 aromatic carbocycles. The first-order chi connectivity index (χ1) is 12.7. The van der Waals surface area contributed by atoms with Gasteiger partial charge in [-0.3, -0.25) is 0 Å². The lowest BCUT2D eigenvalue weighted by Crippen LogP contribution is -2.26. The molecule has 0 bridgehead atoms. The minimum atomic E-state index is 0.269. The van der Waals surface area contributed by atoms with Gasteiger partial charge >= 0.3 is 0 Å². The van der Waals surface area contributed by atoms with Gasteiger partial charge in [0.25, 0.3) is 0 Å². The maximum atomic E-state index is 9.73. The van der Waals surface area contributed by atoms with Crippen molar-refractivity contribution in [3.05, 3.63) is 35.0 Å². The third-order valence-electron chi connectivity index (χ3n) is 4.58. The fourth-order valence-electron chi connectivity index (χ4n) is 3.26. The molecule has 3 N–H and O–H groups in total. The lowest BCUT2D eigenvalue weighted by Gasteiger charge is -2.23. The van der Waals surface area contributed by atoms with Gasteiger partial charge in [0.1, 0.15) is 17.5 Å². The number of unbranched alkanes of at least 4 members (excludes halogenated alkanes) is 1. The molecule has 2 aromatic rings. The van der Waals surface area contributed by atoms with E-state index in [1.807, 2.05) is 18.2 Å². The Morgan fingerprint density at radius 1 is 1.38 bits per heavy atom. The van der Waals surface area contributed by atoms with Crippen molar-refractivity contribution in [2.24, 2.45) is 0 Å². The van der Waals surface area contributed by atoms with Crippen molar-refractivity contribution >= 4 is 5.82 Å². The summed E-state index contributed by atoms with van der Waals surface area (Å²) >= 11 is 0. The highest BCUT2D eigenvalue weighted by Gasteiger charge is 2.25. The van der Waals surface area contributed by atoms with Crippen molar-refractivity contribution in [2.75, 3.05) is 26.0 Å². The molecule has 0 saturated carbocycles.